The summed E-state index contributed by atoms with van der Waals surface area (Å²) < 4.78 is 30.9. The maximum absolute atomic E-state index is 13.1. The zero-order valence-corrected chi connectivity index (χ0v) is 7.84. The molecule has 0 aliphatic heterocycles. The van der Waals surface area contributed by atoms with Gasteiger partial charge in [0.15, 0.2) is 11.6 Å². The second kappa shape index (κ2) is 4.05. The van der Waals surface area contributed by atoms with Gasteiger partial charge in [-0.2, -0.15) is 5.26 Å². The first kappa shape index (κ1) is 10.5. The Morgan fingerprint density at radius 1 is 1.36 bits per heavy atom. The minimum absolute atomic E-state index is 0.129. The number of hydrogen-bond acceptors (Lipinski definition) is 2. The fourth-order valence-corrected chi connectivity index (χ4v) is 0.999. The third kappa shape index (κ3) is 2.19. The molecule has 0 radical (unpaired) electrons. The topological polar surface area (TPSA) is 33.0 Å². The smallest absolute Gasteiger partial charge is 0.173 e. The second-order valence-corrected chi connectivity index (χ2v) is 3.04. The summed E-state index contributed by atoms with van der Waals surface area (Å²) in [6, 6.07) is 3.32. The summed E-state index contributed by atoms with van der Waals surface area (Å²) in [6.45, 7) is 3.40. The first-order valence-electron chi connectivity index (χ1n) is 4.10. The summed E-state index contributed by atoms with van der Waals surface area (Å²) in [4.78, 5) is 0. The Morgan fingerprint density at radius 3 is 2.50 bits per heavy atom. The first-order chi connectivity index (χ1) is 6.54. The molecular weight excluding hydrogens is 188 g/mol. The molecule has 1 aromatic carbocycles. The normalized spacial score (nSPS) is 10.0. The van der Waals surface area contributed by atoms with Crippen molar-refractivity contribution in [2.45, 2.75) is 20.0 Å². The minimum atomic E-state index is -0.852. The number of hydrogen-bond donors (Lipinski definition) is 0. The van der Waals surface area contributed by atoms with Gasteiger partial charge in [0.05, 0.1) is 11.7 Å². The summed E-state index contributed by atoms with van der Waals surface area (Å²) in [6.07, 6.45) is -0.262. The van der Waals surface area contributed by atoms with Crippen LogP contribution in [0.2, 0.25) is 0 Å². The average Bonchev–Trinajstić information content (AvgIpc) is 2.08. The van der Waals surface area contributed by atoms with Gasteiger partial charge in [-0.25, -0.2) is 8.78 Å². The summed E-state index contributed by atoms with van der Waals surface area (Å²) in [5.41, 5.74) is -0.129. The van der Waals surface area contributed by atoms with E-state index >= 15 is 0 Å². The van der Waals surface area contributed by atoms with Crippen LogP contribution in [-0.4, -0.2) is 6.10 Å². The molecule has 0 amide bonds. The largest absolute Gasteiger partial charge is 0.487 e. The van der Waals surface area contributed by atoms with Gasteiger partial charge in [0.1, 0.15) is 11.9 Å². The zero-order valence-electron chi connectivity index (χ0n) is 7.84. The number of halogens is 2. The van der Waals surface area contributed by atoms with Gasteiger partial charge in [-0.05, 0) is 19.9 Å². The van der Waals surface area contributed by atoms with E-state index in [4.69, 9.17) is 10.00 Å². The minimum Gasteiger partial charge on any atom is -0.487 e. The molecule has 0 bridgehead atoms. The molecule has 4 heteroatoms. The molecule has 74 valence electrons. The van der Waals surface area contributed by atoms with Crippen LogP contribution < -0.4 is 4.74 Å². The summed E-state index contributed by atoms with van der Waals surface area (Å²) in [5.74, 6) is -1.82. The number of rotatable bonds is 2. The molecule has 0 aliphatic rings. The summed E-state index contributed by atoms with van der Waals surface area (Å²) >= 11 is 0. The van der Waals surface area contributed by atoms with Crippen LogP contribution in [0.25, 0.3) is 0 Å². The van der Waals surface area contributed by atoms with Crippen molar-refractivity contribution in [3.63, 3.8) is 0 Å². The summed E-state index contributed by atoms with van der Waals surface area (Å²) in [5, 5.41) is 8.62. The molecule has 0 saturated heterocycles. The van der Waals surface area contributed by atoms with Gasteiger partial charge in [-0.1, -0.05) is 0 Å². The average molecular weight is 197 g/mol. The molecule has 0 aliphatic carbocycles. The predicted octanol–water partition coefficient (Wildman–Crippen LogP) is 2.62. The molecule has 0 fully saturated rings. The number of nitriles is 1. The van der Waals surface area contributed by atoms with Crippen LogP contribution in [0.5, 0.6) is 5.75 Å². The van der Waals surface area contributed by atoms with Gasteiger partial charge in [0.25, 0.3) is 0 Å². The van der Waals surface area contributed by atoms with Crippen molar-refractivity contribution in [2.24, 2.45) is 0 Å². The van der Waals surface area contributed by atoms with Crippen LogP contribution >= 0.6 is 0 Å². The molecule has 0 saturated carbocycles. The van der Waals surface area contributed by atoms with Crippen molar-refractivity contribution in [2.75, 3.05) is 0 Å². The molecule has 2 nitrogen and oxygen atoms in total. The van der Waals surface area contributed by atoms with Gasteiger partial charge >= 0.3 is 0 Å². The Bertz CT molecular complexity index is 382. The lowest BCUT2D eigenvalue weighted by Gasteiger charge is -2.11. The van der Waals surface area contributed by atoms with Crippen LogP contribution in [0, 0.1) is 23.0 Å². The SMILES string of the molecule is CC(C)Oc1c(F)cc(F)cc1C#N. The molecule has 0 aromatic heterocycles. The monoisotopic (exact) mass is 197 g/mol. The van der Waals surface area contributed by atoms with E-state index in [9.17, 15) is 8.78 Å². The maximum Gasteiger partial charge on any atom is 0.173 e. The Balaban J connectivity index is 3.20. The standard InChI is InChI=1S/C10H9F2NO/c1-6(2)14-10-7(5-13)3-8(11)4-9(10)12/h3-4,6H,1-2H3. The Hall–Kier alpha value is -1.63. The summed E-state index contributed by atoms with van der Waals surface area (Å²) in [7, 11) is 0. The second-order valence-electron chi connectivity index (χ2n) is 3.04. The molecule has 0 heterocycles. The van der Waals surface area contributed by atoms with Crippen LogP contribution in [-0.2, 0) is 0 Å². The van der Waals surface area contributed by atoms with Crippen molar-refractivity contribution in [1.29, 1.82) is 5.26 Å². The van der Waals surface area contributed by atoms with E-state index in [1.54, 1.807) is 19.9 Å². The van der Waals surface area contributed by atoms with Crippen molar-refractivity contribution < 1.29 is 13.5 Å². The Morgan fingerprint density at radius 2 is 2.00 bits per heavy atom. The van der Waals surface area contributed by atoms with Crippen LogP contribution in [0.4, 0.5) is 8.78 Å². The highest BCUT2D eigenvalue weighted by atomic mass is 19.1. The van der Waals surface area contributed by atoms with E-state index in [0.717, 1.165) is 6.07 Å². The van der Waals surface area contributed by atoms with Gasteiger partial charge in [0.2, 0.25) is 0 Å². The third-order valence-electron chi connectivity index (χ3n) is 1.48. The van der Waals surface area contributed by atoms with Gasteiger partial charge in [0, 0.05) is 6.07 Å². The Labute approximate surface area is 80.7 Å². The predicted molar refractivity (Wildman–Crippen MR) is 46.8 cm³/mol. The Kier molecular flexibility index (Phi) is 3.03. The van der Waals surface area contributed by atoms with Gasteiger partial charge < -0.3 is 4.74 Å². The molecule has 0 atom stereocenters. The number of nitrogens with zero attached hydrogens (tertiary/aromatic N) is 1. The molecule has 0 unspecified atom stereocenters. The van der Waals surface area contributed by atoms with E-state index in [-0.39, 0.29) is 17.4 Å². The molecule has 0 N–H and O–H groups in total. The zero-order chi connectivity index (χ0) is 10.7. The molecular formula is C10H9F2NO. The van der Waals surface area contributed by atoms with Crippen LogP contribution in [0.3, 0.4) is 0 Å². The molecule has 1 rings (SSSR count). The van der Waals surface area contributed by atoms with Gasteiger partial charge in [-0.3, -0.25) is 0 Å². The van der Waals surface area contributed by atoms with Crippen molar-refractivity contribution in [3.8, 4) is 11.8 Å². The third-order valence-corrected chi connectivity index (χ3v) is 1.48. The van der Waals surface area contributed by atoms with E-state index in [0.29, 0.717) is 6.07 Å². The van der Waals surface area contributed by atoms with Gasteiger partial charge in [-0.15, -0.1) is 0 Å². The van der Waals surface area contributed by atoms with Crippen molar-refractivity contribution in [3.05, 3.63) is 29.3 Å². The molecule has 1 aromatic rings. The molecule has 14 heavy (non-hydrogen) atoms. The first-order valence-corrected chi connectivity index (χ1v) is 4.10. The van der Waals surface area contributed by atoms with Crippen molar-refractivity contribution in [1.82, 2.24) is 0 Å². The fourth-order valence-electron chi connectivity index (χ4n) is 0.999. The van der Waals surface area contributed by atoms with E-state index in [2.05, 4.69) is 0 Å². The van der Waals surface area contributed by atoms with E-state index in [1.807, 2.05) is 0 Å². The highest BCUT2D eigenvalue weighted by Crippen LogP contribution is 2.24. The maximum atomic E-state index is 13.1. The van der Waals surface area contributed by atoms with E-state index in [1.165, 1.54) is 0 Å². The lowest BCUT2D eigenvalue weighted by Crippen LogP contribution is -2.08. The van der Waals surface area contributed by atoms with Crippen LogP contribution in [0.15, 0.2) is 12.1 Å². The van der Waals surface area contributed by atoms with Crippen molar-refractivity contribution >= 4 is 0 Å². The highest BCUT2D eigenvalue weighted by molar-refractivity contribution is 5.44. The quantitative estimate of drug-likeness (QED) is 0.730. The molecule has 0 spiro atoms. The lowest BCUT2D eigenvalue weighted by molar-refractivity contribution is 0.230. The van der Waals surface area contributed by atoms with Crippen LogP contribution in [0.1, 0.15) is 19.4 Å². The van der Waals surface area contributed by atoms with E-state index < -0.39 is 11.6 Å². The lowest BCUT2D eigenvalue weighted by atomic mass is 10.2. The number of benzene rings is 1. The number of ether oxygens (including phenoxy) is 1. The fraction of sp³-hybridized carbons (Fsp3) is 0.300. The highest BCUT2D eigenvalue weighted by Gasteiger charge is 2.13.